The van der Waals surface area contributed by atoms with Gasteiger partial charge in [-0.3, -0.25) is 14.7 Å². The molecule has 3 rings (SSSR count). The SMILES string of the molecule is O=C(O)CC1CC2CCC(C1)N2C(=O)c1ccn[nH]1. The Bertz CT molecular complexity index is 471. The number of hydrogen-bond acceptors (Lipinski definition) is 3. The Labute approximate surface area is 110 Å². The highest BCUT2D eigenvalue weighted by molar-refractivity contribution is 5.93. The van der Waals surface area contributed by atoms with Crippen LogP contribution in [0.25, 0.3) is 0 Å². The summed E-state index contributed by atoms with van der Waals surface area (Å²) in [6, 6.07) is 2.07. The molecule has 6 heteroatoms. The van der Waals surface area contributed by atoms with Crippen molar-refractivity contribution in [3.63, 3.8) is 0 Å². The van der Waals surface area contributed by atoms with Crippen molar-refractivity contribution in [2.24, 2.45) is 5.92 Å². The number of H-pyrrole nitrogens is 1. The molecule has 1 aromatic rings. The minimum Gasteiger partial charge on any atom is -0.481 e. The summed E-state index contributed by atoms with van der Waals surface area (Å²) in [5, 5.41) is 15.4. The van der Waals surface area contributed by atoms with Crippen molar-refractivity contribution in [2.75, 3.05) is 0 Å². The first-order chi connectivity index (χ1) is 9.15. The van der Waals surface area contributed by atoms with Crippen molar-refractivity contribution in [2.45, 2.75) is 44.2 Å². The lowest BCUT2D eigenvalue weighted by Gasteiger charge is -2.38. The second-order valence-electron chi connectivity index (χ2n) is 5.50. The first-order valence-corrected chi connectivity index (χ1v) is 6.69. The van der Waals surface area contributed by atoms with Crippen LogP contribution in [-0.2, 0) is 4.79 Å². The van der Waals surface area contributed by atoms with Gasteiger partial charge in [0.1, 0.15) is 5.69 Å². The number of carbonyl (C=O) groups excluding carboxylic acids is 1. The molecule has 2 atom stereocenters. The number of piperidine rings is 1. The Balaban J connectivity index is 1.73. The number of aromatic amines is 1. The summed E-state index contributed by atoms with van der Waals surface area (Å²) in [7, 11) is 0. The number of carbonyl (C=O) groups is 2. The van der Waals surface area contributed by atoms with Gasteiger partial charge in [0.25, 0.3) is 5.91 Å². The third-order valence-corrected chi connectivity index (χ3v) is 4.26. The van der Waals surface area contributed by atoms with E-state index < -0.39 is 5.97 Å². The molecular formula is C13H17N3O3. The quantitative estimate of drug-likeness (QED) is 0.859. The number of carboxylic acids is 1. The van der Waals surface area contributed by atoms with Crippen molar-refractivity contribution in [3.8, 4) is 0 Å². The normalized spacial score (nSPS) is 29.5. The lowest BCUT2D eigenvalue weighted by atomic mass is 9.88. The maximum atomic E-state index is 12.4. The predicted octanol–water partition coefficient (Wildman–Crippen LogP) is 1.27. The Morgan fingerprint density at radius 1 is 1.37 bits per heavy atom. The van der Waals surface area contributed by atoms with Crippen LogP contribution in [-0.4, -0.2) is 44.2 Å². The first-order valence-electron chi connectivity index (χ1n) is 6.69. The van der Waals surface area contributed by atoms with E-state index in [4.69, 9.17) is 5.11 Å². The Morgan fingerprint density at radius 2 is 2.05 bits per heavy atom. The molecule has 102 valence electrons. The Morgan fingerprint density at radius 3 is 2.58 bits per heavy atom. The molecule has 6 nitrogen and oxygen atoms in total. The summed E-state index contributed by atoms with van der Waals surface area (Å²) in [6.07, 6.45) is 5.39. The molecule has 0 aliphatic carbocycles. The van der Waals surface area contributed by atoms with Crippen LogP contribution in [0.1, 0.15) is 42.6 Å². The maximum absolute atomic E-state index is 12.4. The Hall–Kier alpha value is -1.85. The first kappa shape index (κ1) is 12.2. The van der Waals surface area contributed by atoms with Gasteiger partial charge >= 0.3 is 5.97 Å². The van der Waals surface area contributed by atoms with Crippen LogP contribution in [0.3, 0.4) is 0 Å². The highest BCUT2D eigenvalue weighted by Crippen LogP contribution is 2.40. The zero-order valence-electron chi connectivity index (χ0n) is 10.6. The molecule has 19 heavy (non-hydrogen) atoms. The molecule has 2 unspecified atom stereocenters. The molecule has 2 fully saturated rings. The predicted molar refractivity (Wildman–Crippen MR) is 66.5 cm³/mol. The van der Waals surface area contributed by atoms with Crippen LogP contribution in [0.15, 0.2) is 12.3 Å². The molecule has 0 saturated carbocycles. The van der Waals surface area contributed by atoms with E-state index in [1.165, 1.54) is 0 Å². The summed E-state index contributed by atoms with van der Waals surface area (Å²) >= 11 is 0. The summed E-state index contributed by atoms with van der Waals surface area (Å²) in [6.45, 7) is 0. The van der Waals surface area contributed by atoms with E-state index in [1.807, 2.05) is 4.90 Å². The third-order valence-electron chi connectivity index (χ3n) is 4.26. The summed E-state index contributed by atoms with van der Waals surface area (Å²) < 4.78 is 0. The monoisotopic (exact) mass is 263 g/mol. The minimum absolute atomic E-state index is 0.00113. The number of aliphatic carboxylic acids is 1. The van der Waals surface area contributed by atoms with Gasteiger partial charge in [-0.05, 0) is 37.7 Å². The third kappa shape index (κ3) is 2.22. The number of amides is 1. The molecule has 0 aromatic carbocycles. The molecule has 2 aliphatic heterocycles. The van der Waals surface area contributed by atoms with Crippen LogP contribution in [0.2, 0.25) is 0 Å². The standard InChI is InChI=1S/C13H17N3O3/c17-12(18)7-8-5-9-1-2-10(6-8)16(9)13(19)11-3-4-14-15-11/h3-4,8-10H,1-2,5-7H2,(H,14,15)(H,17,18). The average Bonchev–Trinajstić information content (AvgIpc) is 2.95. The van der Waals surface area contributed by atoms with E-state index in [0.717, 1.165) is 25.7 Å². The van der Waals surface area contributed by atoms with E-state index >= 15 is 0 Å². The molecule has 1 amide bonds. The van der Waals surface area contributed by atoms with Crippen molar-refractivity contribution in [1.82, 2.24) is 15.1 Å². The smallest absolute Gasteiger partial charge is 0.303 e. The molecule has 2 aliphatic rings. The van der Waals surface area contributed by atoms with Crippen LogP contribution < -0.4 is 0 Å². The van der Waals surface area contributed by atoms with Crippen molar-refractivity contribution in [1.29, 1.82) is 0 Å². The highest BCUT2D eigenvalue weighted by atomic mass is 16.4. The van der Waals surface area contributed by atoms with Gasteiger partial charge in [-0.15, -0.1) is 0 Å². The largest absolute Gasteiger partial charge is 0.481 e. The second kappa shape index (κ2) is 4.68. The van der Waals surface area contributed by atoms with Gasteiger partial charge in [0.05, 0.1) is 0 Å². The Kier molecular flexibility index (Phi) is 3.00. The highest BCUT2D eigenvalue weighted by Gasteiger charge is 2.43. The lowest BCUT2D eigenvalue weighted by molar-refractivity contribution is -0.138. The molecule has 3 heterocycles. The van der Waals surface area contributed by atoms with Gasteiger partial charge in [-0.1, -0.05) is 0 Å². The van der Waals surface area contributed by atoms with E-state index in [2.05, 4.69) is 10.2 Å². The van der Waals surface area contributed by atoms with E-state index in [9.17, 15) is 9.59 Å². The molecule has 2 N–H and O–H groups in total. The summed E-state index contributed by atoms with van der Waals surface area (Å²) in [5.41, 5.74) is 0.522. The van der Waals surface area contributed by atoms with E-state index in [0.29, 0.717) is 5.69 Å². The zero-order chi connectivity index (χ0) is 13.4. The van der Waals surface area contributed by atoms with Crippen LogP contribution in [0, 0.1) is 5.92 Å². The number of aromatic nitrogens is 2. The zero-order valence-corrected chi connectivity index (χ0v) is 10.6. The molecule has 1 aromatic heterocycles. The van der Waals surface area contributed by atoms with E-state index in [1.54, 1.807) is 12.3 Å². The molecule has 0 radical (unpaired) electrons. The molecule has 0 spiro atoms. The molecular weight excluding hydrogens is 246 g/mol. The van der Waals surface area contributed by atoms with Crippen molar-refractivity contribution >= 4 is 11.9 Å². The second-order valence-corrected chi connectivity index (χ2v) is 5.50. The van der Waals surface area contributed by atoms with Gasteiger partial charge < -0.3 is 10.0 Å². The van der Waals surface area contributed by atoms with Gasteiger partial charge in [-0.25, -0.2) is 0 Å². The number of carboxylic acid groups (broad SMARTS) is 1. The van der Waals surface area contributed by atoms with Gasteiger partial charge in [0, 0.05) is 24.7 Å². The molecule has 2 bridgehead atoms. The number of hydrogen-bond donors (Lipinski definition) is 2. The fraction of sp³-hybridized carbons (Fsp3) is 0.615. The minimum atomic E-state index is -0.738. The van der Waals surface area contributed by atoms with E-state index in [-0.39, 0.29) is 30.3 Å². The van der Waals surface area contributed by atoms with Crippen molar-refractivity contribution in [3.05, 3.63) is 18.0 Å². The summed E-state index contributed by atoms with van der Waals surface area (Å²) in [4.78, 5) is 25.1. The maximum Gasteiger partial charge on any atom is 0.303 e. The van der Waals surface area contributed by atoms with Gasteiger partial charge in [0.15, 0.2) is 0 Å². The van der Waals surface area contributed by atoms with Crippen LogP contribution >= 0.6 is 0 Å². The fourth-order valence-corrected chi connectivity index (χ4v) is 3.55. The van der Waals surface area contributed by atoms with Gasteiger partial charge in [-0.2, -0.15) is 5.10 Å². The summed E-state index contributed by atoms with van der Waals surface area (Å²) in [5.74, 6) is -0.530. The van der Waals surface area contributed by atoms with Crippen molar-refractivity contribution < 1.29 is 14.7 Å². The van der Waals surface area contributed by atoms with Gasteiger partial charge in [0.2, 0.25) is 0 Å². The number of fused-ring (bicyclic) bond motifs is 2. The molecule has 2 saturated heterocycles. The topological polar surface area (TPSA) is 86.3 Å². The van der Waals surface area contributed by atoms with Crippen LogP contribution in [0.4, 0.5) is 0 Å². The lowest BCUT2D eigenvalue weighted by Crippen LogP contribution is -2.47. The number of nitrogens with zero attached hydrogens (tertiary/aromatic N) is 2. The number of nitrogens with one attached hydrogen (secondary N) is 1. The fourth-order valence-electron chi connectivity index (χ4n) is 3.55. The average molecular weight is 263 g/mol. The number of rotatable bonds is 3. The van der Waals surface area contributed by atoms with Crippen LogP contribution in [0.5, 0.6) is 0 Å².